The zero-order chi connectivity index (χ0) is 14.4. The van der Waals surface area contributed by atoms with Crippen molar-refractivity contribution in [2.24, 2.45) is 0 Å². The molecule has 0 spiro atoms. The van der Waals surface area contributed by atoms with E-state index in [-0.39, 0.29) is 5.56 Å². The predicted octanol–water partition coefficient (Wildman–Crippen LogP) is 4.12. The van der Waals surface area contributed by atoms with Crippen molar-refractivity contribution in [2.75, 3.05) is 0 Å². The highest BCUT2D eigenvalue weighted by Gasteiger charge is 2.13. The molecule has 0 aliphatic rings. The van der Waals surface area contributed by atoms with E-state index >= 15 is 0 Å². The normalized spacial score (nSPS) is 11.2. The van der Waals surface area contributed by atoms with E-state index in [0.29, 0.717) is 30.2 Å². The van der Waals surface area contributed by atoms with Crippen molar-refractivity contribution in [3.63, 3.8) is 0 Å². The van der Waals surface area contributed by atoms with Crippen LogP contribution in [0.2, 0.25) is 10.0 Å². The lowest BCUT2D eigenvalue weighted by Gasteiger charge is -2.05. The van der Waals surface area contributed by atoms with Crippen LogP contribution in [0.5, 0.6) is 0 Å². The van der Waals surface area contributed by atoms with Crippen molar-refractivity contribution in [3.05, 3.63) is 48.4 Å². The molecule has 3 rings (SSSR count). The number of hydrogen-bond donors (Lipinski definition) is 1. The average Bonchev–Trinajstić information content (AvgIpc) is 2.70. The molecule has 0 aliphatic carbocycles. The maximum atomic E-state index is 11.9. The smallest absolute Gasteiger partial charge is 0.270 e. The molecule has 20 heavy (non-hydrogen) atoms. The molecule has 0 aliphatic heterocycles. The van der Waals surface area contributed by atoms with Crippen LogP contribution in [0.3, 0.4) is 0 Å². The Morgan fingerprint density at radius 1 is 1.35 bits per heavy atom. The number of aryl methyl sites for hydroxylation is 1. The summed E-state index contributed by atoms with van der Waals surface area (Å²) >= 11 is 18.5. The van der Waals surface area contributed by atoms with Crippen molar-refractivity contribution in [3.8, 4) is 5.69 Å². The second kappa shape index (κ2) is 4.96. The maximum absolute atomic E-state index is 11.9. The van der Waals surface area contributed by atoms with Crippen molar-refractivity contribution in [1.82, 2.24) is 14.5 Å². The fraction of sp³-hybridized carbons (Fsp3) is 0.0833. The van der Waals surface area contributed by atoms with Gasteiger partial charge in [0.1, 0.15) is 10.5 Å². The lowest BCUT2D eigenvalue weighted by molar-refractivity contribution is 1.01. The fourth-order valence-corrected chi connectivity index (χ4v) is 3.44. The highest BCUT2D eigenvalue weighted by atomic mass is 35.5. The minimum atomic E-state index is -0.192. The monoisotopic (exact) mass is 343 g/mol. The first-order chi connectivity index (χ1) is 9.47. The molecule has 4 nitrogen and oxygen atoms in total. The second-order valence-corrected chi connectivity index (χ2v) is 6.56. The summed E-state index contributed by atoms with van der Waals surface area (Å²) in [6.07, 6.45) is 0. The molecular weight excluding hydrogens is 337 g/mol. The third-order valence-corrected chi connectivity index (χ3v) is 4.82. The first kappa shape index (κ1) is 13.8. The van der Waals surface area contributed by atoms with Gasteiger partial charge in [0.2, 0.25) is 0 Å². The molecular formula is C12H7Cl2N3OS2. The molecule has 2 heterocycles. The number of aromatic nitrogens is 3. The van der Waals surface area contributed by atoms with Crippen LogP contribution in [0.15, 0.2) is 23.0 Å². The number of benzene rings is 1. The highest BCUT2D eigenvalue weighted by molar-refractivity contribution is 7.73. The van der Waals surface area contributed by atoms with Gasteiger partial charge < -0.3 is 4.98 Å². The number of H-pyrrole nitrogens is 1. The lowest BCUT2D eigenvalue weighted by Crippen LogP contribution is -2.09. The minimum Gasteiger partial charge on any atom is -0.309 e. The Balaban J connectivity index is 2.41. The maximum Gasteiger partial charge on any atom is 0.270 e. The zero-order valence-corrected chi connectivity index (χ0v) is 13.3. The Bertz CT molecular complexity index is 942. The van der Waals surface area contributed by atoms with Gasteiger partial charge in [-0.05, 0) is 37.3 Å². The van der Waals surface area contributed by atoms with Crippen LogP contribution in [0.25, 0.3) is 16.0 Å². The van der Waals surface area contributed by atoms with Gasteiger partial charge in [0.15, 0.2) is 9.60 Å². The minimum absolute atomic E-state index is 0.192. The van der Waals surface area contributed by atoms with Crippen LogP contribution < -0.4 is 5.56 Å². The number of halogens is 2. The summed E-state index contributed by atoms with van der Waals surface area (Å²) in [6, 6.07) is 5.17. The van der Waals surface area contributed by atoms with Gasteiger partial charge in [-0.25, -0.2) is 4.98 Å². The highest BCUT2D eigenvalue weighted by Crippen LogP contribution is 2.28. The quantitative estimate of drug-likeness (QED) is 0.676. The molecule has 1 N–H and O–H groups in total. The molecule has 3 aromatic rings. The van der Waals surface area contributed by atoms with Crippen LogP contribution in [-0.2, 0) is 0 Å². The predicted molar refractivity (Wildman–Crippen MR) is 85.2 cm³/mol. The fourth-order valence-electron chi connectivity index (χ4n) is 1.87. The summed E-state index contributed by atoms with van der Waals surface area (Å²) in [7, 11) is 0. The van der Waals surface area contributed by atoms with Crippen LogP contribution in [0.4, 0.5) is 0 Å². The van der Waals surface area contributed by atoms with Gasteiger partial charge in [0.25, 0.3) is 5.56 Å². The first-order valence-corrected chi connectivity index (χ1v) is 7.53. The SMILES string of the molecule is Cc1nc2c(sc(=S)n2-c2ccc(Cl)c(Cl)c2)c(=O)[nH]1. The number of fused-ring (bicyclic) bond motifs is 1. The van der Waals surface area contributed by atoms with Gasteiger partial charge in [-0.3, -0.25) is 9.36 Å². The van der Waals surface area contributed by atoms with Gasteiger partial charge >= 0.3 is 0 Å². The molecule has 0 fully saturated rings. The summed E-state index contributed by atoms with van der Waals surface area (Å²) in [5.74, 6) is 0.532. The van der Waals surface area contributed by atoms with Crippen molar-refractivity contribution in [1.29, 1.82) is 0 Å². The largest absolute Gasteiger partial charge is 0.309 e. The second-order valence-electron chi connectivity index (χ2n) is 4.11. The lowest BCUT2D eigenvalue weighted by atomic mass is 10.3. The molecule has 0 atom stereocenters. The third-order valence-electron chi connectivity index (χ3n) is 2.72. The molecule has 0 radical (unpaired) electrons. The topological polar surface area (TPSA) is 50.7 Å². The summed E-state index contributed by atoms with van der Waals surface area (Å²) in [5.41, 5.74) is 1.06. The van der Waals surface area contributed by atoms with Crippen LogP contribution in [0.1, 0.15) is 5.82 Å². The van der Waals surface area contributed by atoms with Gasteiger partial charge in [-0.1, -0.05) is 34.5 Å². The summed E-state index contributed by atoms with van der Waals surface area (Å²) in [5, 5.41) is 0.885. The van der Waals surface area contributed by atoms with Crippen LogP contribution in [-0.4, -0.2) is 14.5 Å². The van der Waals surface area contributed by atoms with Crippen molar-refractivity contribution >= 4 is 57.1 Å². The Morgan fingerprint density at radius 3 is 2.80 bits per heavy atom. The average molecular weight is 344 g/mol. The standard InChI is InChI=1S/C12H7Cl2N3OS2/c1-5-15-10-9(11(18)16-5)20-12(19)17(10)6-2-3-7(13)8(14)4-6/h2-4H,1H3,(H,15,16,18). The summed E-state index contributed by atoms with van der Waals surface area (Å²) in [4.78, 5) is 18.9. The molecule has 8 heteroatoms. The summed E-state index contributed by atoms with van der Waals surface area (Å²) in [6.45, 7) is 1.72. The van der Waals surface area contributed by atoms with Gasteiger partial charge in [0, 0.05) is 0 Å². The van der Waals surface area contributed by atoms with Gasteiger partial charge in [-0.15, -0.1) is 0 Å². The number of hydrogen-bond acceptors (Lipinski definition) is 4. The Hall–Kier alpha value is -1.21. The molecule has 0 amide bonds. The Morgan fingerprint density at radius 2 is 2.10 bits per heavy atom. The van der Waals surface area contributed by atoms with Gasteiger partial charge in [-0.2, -0.15) is 0 Å². The Labute approximate surface area is 132 Å². The molecule has 1 aromatic carbocycles. The number of nitrogens with zero attached hydrogens (tertiary/aromatic N) is 2. The van der Waals surface area contributed by atoms with E-state index in [1.54, 1.807) is 29.7 Å². The van der Waals surface area contributed by atoms with E-state index in [2.05, 4.69) is 9.97 Å². The van der Waals surface area contributed by atoms with E-state index in [9.17, 15) is 4.79 Å². The number of thiazole rings is 1. The van der Waals surface area contributed by atoms with Crippen LogP contribution in [0, 0.1) is 10.9 Å². The summed E-state index contributed by atoms with van der Waals surface area (Å²) < 4.78 is 2.74. The van der Waals surface area contributed by atoms with Crippen molar-refractivity contribution < 1.29 is 0 Å². The van der Waals surface area contributed by atoms with Gasteiger partial charge in [0.05, 0.1) is 15.7 Å². The molecule has 0 saturated carbocycles. The molecule has 0 saturated heterocycles. The van der Waals surface area contributed by atoms with Crippen LogP contribution >= 0.6 is 46.8 Å². The van der Waals surface area contributed by atoms with E-state index in [1.165, 1.54) is 11.3 Å². The Kier molecular flexibility index (Phi) is 3.41. The van der Waals surface area contributed by atoms with E-state index < -0.39 is 0 Å². The number of nitrogens with one attached hydrogen (secondary N) is 1. The number of aromatic amines is 1. The third kappa shape index (κ3) is 2.18. The number of rotatable bonds is 1. The molecule has 0 unspecified atom stereocenters. The first-order valence-electron chi connectivity index (χ1n) is 5.55. The molecule has 2 aromatic heterocycles. The zero-order valence-electron chi connectivity index (χ0n) is 10.1. The van der Waals surface area contributed by atoms with E-state index in [0.717, 1.165) is 5.69 Å². The van der Waals surface area contributed by atoms with Crippen molar-refractivity contribution in [2.45, 2.75) is 6.92 Å². The molecule has 0 bridgehead atoms. The van der Waals surface area contributed by atoms with E-state index in [1.807, 2.05) is 0 Å². The van der Waals surface area contributed by atoms with E-state index in [4.69, 9.17) is 35.4 Å². The molecule has 102 valence electrons.